The molecular formula is C16H16ClNO4S. The molecule has 0 spiro atoms. The molecule has 0 radical (unpaired) electrons. The van der Waals surface area contributed by atoms with Gasteiger partial charge < -0.3 is 5.11 Å². The Kier molecular flexibility index (Phi) is 4.97. The van der Waals surface area contributed by atoms with E-state index in [9.17, 15) is 13.2 Å². The number of halogens is 1. The molecule has 0 saturated carbocycles. The Morgan fingerprint density at radius 3 is 2.48 bits per heavy atom. The van der Waals surface area contributed by atoms with Gasteiger partial charge in [-0.1, -0.05) is 23.7 Å². The number of carboxylic acids is 1. The highest BCUT2D eigenvalue weighted by molar-refractivity contribution is 7.92. The van der Waals surface area contributed by atoms with Crippen molar-refractivity contribution in [1.29, 1.82) is 0 Å². The summed E-state index contributed by atoms with van der Waals surface area (Å²) in [6, 6.07) is 10.8. The first kappa shape index (κ1) is 17.3. The van der Waals surface area contributed by atoms with Crippen molar-refractivity contribution >= 4 is 33.3 Å². The monoisotopic (exact) mass is 353 g/mol. The quantitative estimate of drug-likeness (QED) is 0.891. The third kappa shape index (κ3) is 3.48. The second-order valence-electron chi connectivity index (χ2n) is 4.96. The molecule has 122 valence electrons. The SMILES string of the molecule is CCN(c1cccc(C)c1)S(=O)(=O)c1ccc(Cl)c(C(=O)O)c1. The van der Waals surface area contributed by atoms with E-state index < -0.39 is 16.0 Å². The number of hydrogen-bond donors (Lipinski definition) is 1. The van der Waals surface area contributed by atoms with E-state index in [1.807, 2.05) is 13.0 Å². The molecule has 0 saturated heterocycles. The second-order valence-corrected chi connectivity index (χ2v) is 7.23. The predicted molar refractivity (Wildman–Crippen MR) is 89.8 cm³/mol. The van der Waals surface area contributed by atoms with E-state index in [0.29, 0.717) is 5.69 Å². The van der Waals surface area contributed by atoms with Gasteiger partial charge in [-0.05, 0) is 49.7 Å². The van der Waals surface area contributed by atoms with Gasteiger partial charge in [0, 0.05) is 6.54 Å². The maximum atomic E-state index is 12.9. The number of carbonyl (C=O) groups is 1. The largest absolute Gasteiger partial charge is 0.478 e. The molecule has 0 amide bonds. The van der Waals surface area contributed by atoms with E-state index in [0.717, 1.165) is 11.6 Å². The van der Waals surface area contributed by atoms with E-state index >= 15 is 0 Å². The van der Waals surface area contributed by atoms with E-state index in [2.05, 4.69) is 0 Å². The average molecular weight is 354 g/mol. The number of aryl methyl sites for hydroxylation is 1. The topological polar surface area (TPSA) is 74.7 Å². The zero-order chi connectivity index (χ0) is 17.2. The van der Waals surface area contributed by atoms with Gasteiger partial charge in [0.2, 0.25) is 0 Å². The van der Waals surface area contributed by atoms with Crippen LogP contribution in [0.2, 0.25) is 5.02 Å². The predicted octanol–water partition coefficient (Wildman–Crippen LogP) is 3.56. The summed E-state index contributed by atoms with van der Waals surface area (Å²) in [6.45, 7) is 3.81. The molecule has 2 aromatic rings. The fourth-order valence-electron chi connectivity index (χ4n) is 2.23. The van der Waals surface area contributed by atoms with Crippen molar-refractivity contribution in [3.63, 3.8) is 0 Å². The van der Waals surface area contributed by atoms with Crippen molar-refractivity contribution in [3.8, 4) is 0 Å². The zero-order valence-electron chi connectivity index (χ0n) is 12.7. The molecule has 0 fully saturated rings. The van der Waals surface area contributed by atoms with Crippen molar-refractivity contribution in [1.82, 2.24) is 0 Å². The summed E-state index contributed by atoms with van der Waals surface area (Å²) in [4.78, 5) is 11.1. The highest BCUT2D eigenvalue weighted by Crippen LogP contribution is 2.27. The summed E-state index contributed by atoms with van der Waals surface area (Å²) in [5, 5.41) is 9.11. The third-order valence-electron chi connectivity index (χ3n) is 3.33. The summed E-state index contributed by atoms with van der Waals surface area (Å²) >= 11 is 5.80. The lowest BCUT2D eigenvalue weighted by Crippen LogP contribution is -2.31. The molecular weight excluding hydrogens is 338 g/mol. The smallest absolute Gasteiger partial charge is 0.337 e. The van der Waals surface area contributed by atoms with Crippen molar-refractivity contribution in [3.05, 3.63) is 58.6 Å². The van der Waals surface area contributed by atoms with Crippen LogP contribution in [0.1, 0.15) is 22.8 Å². The van der Waals surface area contributed by atoms with Crippen molar-refractivity contribution in [2.24, 2.45) is 0 Å². The number of benzene rings is 2. The number of hydrogen-bond acceptors (Lipinski definition) is 3. The molecule has 0 bridgehead atoms. The lowest BCUT2D eigenvalue weighted by atomic mass is 10.2. The summed E-state index contributed by atoms with van der Waals surface area (Å²) in [7, 11) is -3.88. The van der Waals surface area contributed by atoms with E-state index in [1.165, 1.54) is 16.4 Å². The van der Waals surface area contributed by atoms with Crippen molar-refractivity contribution in [2.45, 2.75) is 18.7 Å². The third-order valence-corrected chi connectivity index (χ3v) is 5.56. The Balaban J connectivity index is 2.56. The molecule has 7 heteroatoms. The van der Waals surface area contributed by atoms with Gasteiger partial charge in [-0.3, -0.25) is 4.31 Å². The molecule has 1 N–H and O–H groups in total. The molecule has 23 heavy (non-hydrogen) atoms. The van der Waals surface area contributed by atoms with Gasteiger partial charge >= 0.3 is 5.97 Å². The van der Waals surface area contributed by atoms with Crippen LogP contribution < -0.4 is 4.31 Å². The van der Waals surface area contributed by atoms with Crippen LogP contribution in [-0.4, -0.2) is 26.0 Å². The van der Waals surface area contributed by atoms with Crippen molar-refractivity contribution in [2.75, 3.05) is 10.8 Å². The number of anilines is 1. The molecule has 0 aromatic heterocycles. The Morgan fingerprint density at radius 1 is 1.22 bits per heavy atom. The first-order chi connectivity index (χ1) is 10.8. The molecule has 0 aliphatic rings. The minimum Gasteiger partial charge on any atom is -0.478 e. The van der Waals surface area contributed by atoms with Crippen LogP contribution in [0.3, 0.4) is 0 Å². The van der Waals surface area contributed by atoms with Crippen LogP contribution >= 0.6 is 11.6 Å². The minimum atomic E-state index is -3.88. The van der Waals surface area contributed by atoms with Gasteiger partial charge in [0.15, 0.2) is 0 Å². The Labute approximate surface area is 140 Å². The molecule has 0 heterocycles. The van der Waals surface area contributed by atoms with Gasteiger partial charge in [-0.15, -0.1) is 0 Å². The second kappa shape index (κ2) is 6.60. The van der Waals surface area contributed by atoms with Crippen molar-refractivity contribution < 1.29 is 18.3 Å². The van der Waals surface area contributed by atoms with E-state index in [4.69, 9.17) is 16.7 Å². The summed E-state index contributed by atoms with van der Waals surface area (Å²) in [6.07, 6.45) is 0. The van der Waals surface area contributed by atoms with Crippen LogP contribution in [0, 0.1) is 6.92 Å². The minimum absolute atomic E-state index is 0.00458. The van der Waals surface area contributed by atoms with Gasteiger partial charge in [-0.25, -0.2) is 13.2 Å². The van der Waals surface area contributed by atoms with Crippen LogP contribution in [0.25, 0.3) is 0 Å². The average Bonchev–Trinajstić information content (AvgIpc) is 2.47. The Bertz CT molecular complexity index is 849. The normalized spacial score (nSPS) is 11.3. The molecule has 0 aliphatic heterocycles. The van der Waals surface area contributed by atoms with Crippen LogP contribution in [0.5, 0.6) is 0 Å². The Hall–Kier alpha value is -2.05. The summed E-state index contributed by atoms with van der Waals surface area (Å²) in [5.41, 5.74) is 1.21. The maximum Gasteiger partial charge on any atom is 0.337 e. The fourth-order valence-corrected chi connectivity index (χ4v) is 3.92. The van der Waals surface area contributed by atoms with Gasteiger partial charge in [0.1, 0.15) is 0 Å². The zero-order valence-corrected chi connectivity index (χ0v) is 14.2. The van der Waals surface area contributed by atoms with Crippen LogP contribution in [0.15, 0.2) is 47.4 Å². The highest BCUT2D eigenvalue weighted by Gasteiger charge is 2.25. The first-order valence-electron chi connectivity index (χ1n) is 6.89. The van der Waals surface area contributed by atoms with Gasteiger partial charge in [0.05, 0.1) is 21.2 Å². The number of nitrogens with zero attached hydrogens (tertiary/aromatic N) is 1. The molecule has 5 nitrogen and oxygen atoms in total. The highest BCUT2D eigenvalue weighted by atomic mass is 35.5. The number of aromatic carboxylic acids is 1. The van der Waals surface area contributed by atoms with Gasteiger partial charge in [0.25, 0.3) is 10.0 Å². The molecule has 2 rings (SSSR count). The standard InChI is InChI=1S/C16H16ClNO4S/c1-3-18(12-6-4-5-11(2)9-12)23(21,22)13-7-8-15(17)14(10-13)16(19)20/h4-10H,3H2,1-2H3,(H,19,20). The molecule has 2 aromatic carbocycles. The molecule has 0 aliphatic carbocycles. The number of carboxylic acid groups (broad SMARTS) is 1. The van der Waals surface area contributed by atoms with Gasteiger partial charge in [-0.2, -0.15) is 0 Å². The van der Waals surface area contributed by atoms with E-state index in [1.54, 1.807) is 25.1 Å². The number of sulfonamides is 1. The lowest BCUT2D eigenvalue weighted by molar-refractivity contribution is 0.0697. The van der Waals surface area contributed by atoms with E-state index in [-0.39, 0.29) is 22.0 Å². The maximum absolute atomic E-state index is 12.9. The fraction of sp³-hybridized carbons (Fsp3) is 0.188. The lowest BCUT2D eigenvalue weighted by Gasteiger charge is -2.23. The first-order valence-corrected chi connectivity index (χ1v) is 8.71. The molecule has 0 unspecified atom stereocenters. The summed E-state index contributed by atoms with van der Waals surface area (Å²) in [5.74, 6) is -1.27. The van der Waals surface area contributed by atoms with Crippen LogP contribution in [0.4, 0.5) is 5.69 Å². The summed E-state index contributed by atoms with van der Waals surface area (Å²) < 4.78 is 26.9. The Morgan fingerprint density at radius 2 is 1.91 bits per heavy atom. The number of rotatable bonds is 5. The van der Waals surface area contributed by atoms with Crippen LogP contribution in [-0.2, 0) is 10.0 Å². The molecule has 0 atom stereocenters.